The van der Waals surface area contributed by atoms with Gasteiger partial charge in [0, 0.05) is 16.9 Å². The normalized spacial score (nSPS) is 10.1. The molecule has 0 radical (unpaired) electrons. The van der Waals surface area contributed by atoms with E-state index >= 15 is 0 Å². The standard InChI is InChI=1S/C12H9BrN2O3/c1-7-5-14-12(15-6-7)18-10-3-2-8(13)4-9(10)11(16)17/h2-6H,1H3,(H,16,17). The molecule has 0 aliphatic carbocycles. The minimum atomic E-state index is -1.07. The first kappa shape index (κ1) is 12.5. The largest absolute Gasteiger partial charge is 0.478 e. The molecule has 18 heavy (non-hydrogen) atoms. The molecule has 0 atom stereocenters. The van der Waals surface area contributed by atoms with Crippen molar-refractivity contribution in [3.63, 3.8) is 0 Å². The Morgan fingerprint density at radius 3 is 2.61 bits per heavy atom. The van der Waals surface area contributed by atoms with E-state index in [0.717, 1.165) is 5.56 Å². The van der Waals surface area contributed by atoms with Gasteiger partial charge < -0.3 is 9.84 Å². The highest BCUT2D eigenvalue weighted by molar-refractivity contribution is 9.10. The topological polar surface area (TPSA) is 72.3 Å². The summed E-state index contributed by atoms with van der Waals surface area (Å²) in [5.41, 5.74) is 0.949. The Balaban J connectivity index is 2.34. The number of aromatic carboxylic acids is 1. The Hall–Kier alpha value is -1.95. The van der Waals surface area contributed by atoms with Gasteiger partial charge in [0.15, 0.2) is 0 Å². The van der Waals surface area contributed by atoms with Crippen LogP contribution in [0.3, 0.4) is 0 Å². The van der Waals surface area contributed by atoms with Crippen LogP contribution in [0.2, 0.25) is 0 Å². The summed E-state index contributed by atoms with van der Waals surface area (Å²) in [4.78, 5) is 19.0. The minimum absolute atomic E-state index is 0.0496. The second-order valence-corrected chi connectivity index (χ2v) is 4.51. The lowest BCUT2D eigenvalue weighted by molar-refractivity contribution is 0.0694. The number of hydrogen-bond donors (Lipinski definition) is 1. The molecule has 0 saturated carbocycles. The molecule has 1 heterocycles. The van der Waals surface area contributed by atoms with Gasteiger partial charge in [0.05, 0.1) is 0 Å². The smallest absolute Gasteiger partial charge is 0.339 e. The molecule has 1 aromatic carbocycles. The predicted molar refractivity (Wildman–Crippen MR) is 67.9 cm³/mol. The van der Waals surface area contributed by atoms with Crippen LogP contribution in [-0.2, 0) is 0 Å². The highest BCUT2D eigenvalue weighted by Gasteiger charge is 2.13. The van der Waals surface area contributed by atoms with Crippen molar-refractivity contribution in [2.45, 2.75) is 6.92 Å². The number of nitrogens with zero attached hydrogens (tertiary/aromatic N) is 2. The van der Waals surface area contributed by atoms with Gasteiger partial charge in [0.2, 0.25) is 0 Å². The summed E-state index contributed by atoms with van der Waals surface area (Å²) in [7, 11) is 0. The van der Waals surface area contributed by atoms with Gasteiger partial charge in [-0.1, -0.05) is 15.9 Å². The van der Waals surface area contributed by atoms with E-state index in [2.05, 4.69) is 25.9 Å². The average molecular weight is 309 g/mol. The van der Waals surface area contributed by atoms with Crippen molar-refractivity contribution in [3.05, 3.63) is 46.2 Å². The SMILES string of the molecule is Cc1cnc(Oc2ccc(Br)cc2C(=O)O)nc1. The number of aryl methyl sites for hydroxylation is 1. The van der Waals surface area contributed by atoms with Crippen LogP contribution in [0.25, 0.3) is 0 Å². The average Bonchev–Trinajstić information content (AvgIpc) is 2.34. The highest BCUT2D eigenvalue weighted by Crippen LogP contribution is 2.26. The Labute approximate surface area is 112 Å². The summed E-state index contributed by atoms with van der Waals surface area (Å²) in [6.07, 6.45) is 3.20. The molecule has 0 fully saturated rings. The number of ether oxygens (including phenoxy) is 1. The van der Waals surface area contributed by atoms with E-state index in [4.69, 9.17) is 9.84 Å². The Morgan fingerprint density at radius 1 is 1.33 bits per heavy atom. The molecule has 6 heteroatoms. The van der Waals surface area contributed by atoms with Gasteiger partial charge >= 0.3 is 12.0 Å². The van der Waals surface area contributed by atoms with Crippen molar-refractivity contribution in [1.82, 2.24) is 9.97 Å². The first-order valence-corrected chi connectivity index (χ1v) is 5.85. The highest BCUT2D eigenvalue weighted by atomic mass is 79.9. The summed E-state index contributed by atoms with van der Waals surface area (Å²) < 4.78 is 6.02. The van der Waals surface area contributed by atoms with Crippen LogP contribution in [-0.4, -0.2) is 21.0 Å². The van der Waals surface area contributed by atoms with Crippen LogP contribution in [0, 0.1) is 6.92 Å². The lowest BCUT2D eigenvalue weighted by Gasteiger charge is -2.07. The maximum atomic E-state index is 11.1. The predicted octanol–water partition coefficient (Wildman–Crippen LogP) is 3.04. The van der Waals surface area contributed by atoms with Gasteiger partial charge in [-0.2, -0.15) is 0 Å². The molecule has 0 spiro atoms. The maximum absolute atomic E-state index is 11.1. The van der Waals surface area contributed by atoms with Crippen molar-refractivity contribution in [2.75, 3.05) is 0 Å². The van der Waals surface area contributed by atoms with Gasteiger partial charge in [0.25, 0.3) is 0 Å². The quantitative estimate of drug-likeness (QED) is 0.943. The number of carboxylic acid groups (broad SMARTS) is 1. The van der Waals surface area contributed by atoms with Crippen LogP contribution in [0.15, 0.2) is 35.1 Å². The molecule has 0 unspecified atom stereocenters. The van der Waals surface area contributed by atoms with E-state index in [1.165, 1.54) is 6.07 Å². The van der Waals surface area contributed by atoms with E-state index in [1.807, 2.05) is 6.92 Å². The van der Waals surface area contributed by atoms with E-state index in [0.29, 0.717) is 4.47 Å². The molecule has 1 aromatic heterocycles. The van der Waals surface area contributed by atoms with Gasteiger partial charge in [-0.15, -0.1) is 0 Å². The second kappa shape index (κ2) is 5.14. The molecule has 92 valence electrons. The third kappa shape index (κ3) is 2.84. The van der Waals surface area contributed by atoms with Gasteiger partial charge in [-0.25, -0.2) is 14.8 Å². The zero-order valence-corrected chi connectivity index (χ0v) is 11.0. The number of hydrogen-bond acceptors (Lipinski definition) is 4. The third-order valence-corrected chi connectivity index (χ3v) is 2.62. The fourth-order valence-electron chi connectivity index (χ4n) is 1.29. The Morgan fingerprint density at radius 2 is 2.00 bits per heavy atom. The molecular formula is C12H9BrN2O3. The Kier molecular flexibility index (Phi) is 3.57. The lowest BCUT2D eigenvalue weighted by Crippen LogP contribution is -2.01. The zero-order valence-electron chi connectivity index (χ0n) is 9.42. The fourth-order valence-corrected chi connectivity index (χ4v) is 1.65. The number of halogens is 1. The summed E-state index contributed by atoms with van der Waals surface area (Å²) in [5, 5.41) is 9.07. The van der Waals surface area contributed by atoms with Gasteiger partial charge in [-0.05, 0) is 30.7 Å². The van der Waals surface area contributed by atoms with Crippen molar-refractivity contribution in [2.24, 2.45) is 0 Å². The summed E-state index contributed by atoms with van der Waals surface area (Å²) in [6.45, 7) is 1.85. The van der Waals surface area contributed by atoms with Crippen molar-refractivity contribution in [1.29, 1.82) is 0 Å². The van der Waals surface area contributed by atoms with Crippen LogP contribution >= 0.6 is 15.9 Å². The van der Waals surface area contributed by atoms with E-state index in [9.17, 15) is 4.79 Å². The molecule has 0 bridgehead atoms. The van der Waals surface area contributed by atoms with Crippen molar-refractivity contribution < 1.29 is 14.6 Å². The van der Waals surface area contributed by atoms with Crippen LogP contribution in [0.1, 0.15) is 15.9 Å². The molecule has 1 N–H and O–H groups in total. The van der Waals surface area contributed by atoms with Crippen molar-refractivity contribution in [3.8, 4) is 11.8 Å². The zero-order chi connectivity index (χ0) is 13.1. The number of carbonyl (C=O) groups is 1. The molecule has 0 amide bonds. The number of carboxylic acids is 1. The van der Waals surface area contributed by atoms with E-state index in [-0.39, 0.29) is 17.3 Å². The number of rotatable bonds is 3. The van der Waals surface area contributed by atoms with E-state index < -0.39 is 5.97 Å². The molecule has 2 rings (SSSR count). The molecule has 0 aliphatic rings. The van der Waals surface area contributed by atoms with Crippen molar-refractivity contribution >= 4 is 21.9 Å². The molecule has 2 aromatic rings. The molecule has 5 nitrogen and oxygen atoms in total. The summed E-state index contributed by atoms with van der Waals surface area (Å²) in [5.74, 6) is -0.868. The summed E-state index contributed by atoms with van der Waals surface area (Å²) in [6, 6.07) is 4.82. The van der Waals surface area contributed by atoms with Gasteiger partial charge in [0.1, 0.15) is 11.3 Å². The molecule has 0 aliphatic heterocycles. The monoisotopic (exact) mass is 308 g/mol. The molecular weight excluding hydrogens is 300 g/mol. The van der Waals surface area contributed by atoms with Crippen LogP contribution in [0.4, 0.5) is 0 Å². The first-order valence-electron chi connectivity index (χ1n) is 5.05. The van der Waals surface area contributed by atoms with Gasteiger partial charge in [-0.3, -0.25) is 0 Å². The summed E-state index contributed by atoms with van der Waals surface area (Å²) >= 11 is 3.21. The first-order chi connectivity index (χ1) is 8.56. The minimum Gasteiger partial charge on any atom is -0.478 e. The van der Waals surface area contributed by atoms with Crippen LogP contribution < -0.4 is 4.74 Å². The second-order valence-electron chi connectivity index (χ2n) is 3.59. The maximum Gasteiger partial charge on any atom is 0.339 e. The number of benzene rings is 1. The lowest BCUT2D eigenvalue weighted by atomic mass is 10.2. The third-order valence-electron chi connectivity index (χ3n) is 2.13. The molecule has 0 saturated heterocycles. The number of aromatic nitrogens is 2. The van der Waals surface area contributed by atoms with Crippen LogP contribution in [0.5, 0.6) is 11.8 Å². The Bertz CT molecular complexity index is 584. The fraction of sp³-hybridized carbons (Fsp3) is 0.0833. The van der Waals surface area contributed by atoms with E-state index in [1.54, 1.807) is 24.5 Å².